The van der Waals surface area contributed by atoms with E-state index in [0.717, 1.165) is 10.9 Å². The Kier molecular flexibility index (Phi) is 3.96. The Labute approximate surface area is 114 Å². The van der Waals surface area contributed by atoms with Gasteiger partial charge in [-0.25, -0.2) is 4.98 Å². The minimum Gasteiger partial charge on any atom is -0.352 e. The minimum atomic E-state index is -0.0876. The van der Waals surface area contributed by atoms with Crippen LogP contribution in [-0.4, -0.2) is 40.8 Å². The summed E-state index contributed by atoms with van der Waals surface area (Å²) >= 11 is 3.28. The normalized spacial score (nSPS) is 18.8. The van der Waals surface area contributed by atoms with Gasteiger partial charge in [-0.1, -0.05) is 0 Å². The highest BCUT2D eigenvalue weighted by Gasteiger charge is 2.27. The zero-order valence-electron chi connectivity index (χ0n) is 10.0. The van der Waals surface area contributed by atoms with Gasteiger partial charge in [0.25, 0.3) is 5.91 Å². The van der Waals surface area contributed by atoms with Crippen LogP contribution in [0.3, 0.4) is 0 Å². The molecule has 0 radical (unpaired) electrons. The van der Waals surface area contributed by atoms with Gasteiger partial charge in [0.15, 0.2) is 0 Å². The lowest BCUT2D eigenvalue weighted by molar-refractivity contribution is -0.119. The molecule has 96 valence electrons. The lowest BCUT2D eigenvalue weighted by Crippen LogP contribution is -2.37. The van der Waals surface area contributed by atoms with Gasteiger partial charge < -0.3 is 10.2 Å². The number of likely N-dealkylation sites (tertiary alicyclic amines) is 1. The molecule has 0 aliphatic carbocycles. The zero-order valence-corrected chi connectivity index (χ0v) is 11.6. The summed E-state index contributed by atoms with van der Waals surface area (Å²) in [5, 5.41) is 2.83. The topological polar surface area (TPSA) is 62.3 Å². The summed E-state index contributed by atoms with van der Waals surface area (Å²) in [6.45, 7) is 2.69. The summed E-state index contributed by atoms with van der Waals surface area (Å²) in [4.78, 5) is 28.9. The second kappa shape index (κ2) is 5.48. The fraction of sp³-hybridized carbons (Fsp3) is 0.417. The third-order valence-electron chi connectivity index (χ3n) is 2.83. The standard InChI is InChI=1S/C12H14BrN3O2/c1-8(17)15-10-4-5-16(7-10)12(18)11-3-2-9(13)6-14-11/h2-3,6,10H,4-5,7H2,1H3,(H,15,17). The fourth-order valence-electron chi connectivity index (χ4n) is 2.01. The predicted octanol–water partition coefficient (Wildman–Crippen LogP) is 1.19. The average molecular weight is 312 g/mol. The lowest BCUT2D eigenvalue weighted by atomic mass is 10.2. The van der Waals surface area contributed by atoms with Gasteiger partial charge in [-0.15, -0.1) is 0 Å². The van der Waals surface area contributed by atoms with Crippen LogP contribution in [0.1, 0.15) is 23.8 Å². The van der Waals surface area contributed by atoms with E-state index in [1.165, 1.54) is 6.92 Å². The number of nitrogens with zero attached hydrogens (tertiary/aromatic N) is 2. The number of pyridine rings is 1. The van der Waals surface area contributed by atoms with Crippen LogP contribution >= 0.6 is 15.9 Å². The van der Waals surface area contributed by atoms with Crippen molar-refractivity contribution in [3.8, 4) is 0 Å². The molecule has 0 bridgehead atoms. The lowest BCUT2D eigenvalue weighted by Gasteiger charge is -2.16. The highest BCUT2D eigenvalue weighted by atomic mass is 79.9. The van der Waals surface area contributed by atoms with E-state index in [0.29, 0.717) is 18.8 Å². The number of hydrogen-bond acceptors (Lipinski definition) is 3. The Morgan fingerprint density at radius 1 is 1.50 bits per heavy atom. The van der Waals surface area contributed by atoms with Crippen molar-refractivity contribution in [1.29, 1.82) is 0 Å². The SMILES string of the molecule is CC(=O)NC1CCN(C(=O)c2ccc(Br)cn2)C1. The molecule has 1 atom stereocenters. The molecule has 1 N–H and O–H groups in total. The molecule has 2 amide bonds. The first-order valence-corrected chi connectivity index (χ1v) is 6.53. The van der Waals surface area contributed by atoms with Crippen molar-refractivity contribution in [3.63, 3.8) is 0 Å². The van der Waals surface area contributed by atoms with Crippen LogP contribution in [0.4, 0.5) is 0 Å². The average Bonchev–Trinajstić information content (AvgIpc) is 2.76. The number of hydrogen-bond donors (Lipinski definition) is 1. The van der Waals surface area contributed by atoms with Crippen molar-refractivity contribution in [3.05, 3.63) is 28.5 Å². The quantitative estimate of drug-likeness (QED) is 0.892. The molecule has 0 aromatic carbocycles. The molecule has 1 saturated heterocycles. The molecule has 1 aliphatic heterocycles. The molecular formula is C12H14BrN3O2. The molecule has 1 unspecified atom stereocenters. The van der Waals surface area contributed by atoms with Gasteiger partial charge in [0.1, 0.15) is 5.69 Å². The Hall–Kier alpha value is -1.43. The Morgan fingerprint density at radius 2 is 2.28 bits per heavy atom. The Morgan fingerprint density at radius 3 is 2.89 bits per heavy atom. The molecule has 1 fully saturated rings. The summed E-state index contributed by atoms with van der Waals surface area (Å²) < 4.78 is 0.844. The van der Waals surface area contributed by atoms with Crippen LogP contribution in [-0.2, 0) is 4.79 Å². The van der Waals surface area contributed by atoms with Gasteiger partial charge in [-0.2, -0.15) is 0 Å². The van der Waals surface area contributed by atoms with Crippen LogP contribution in [0.25, 0.3) is 0 Å². The summed E-state index contributed by atoms with van der Waals surface area (Å²) in [5.41, 5.74) is 0.432. The smallest absolute Gasteiger partial charge is 0.272 e. The van der Waals surface area contributed by atoms with Gasteiger partial charge in [0.2, 0.25) is 5.91 Å². The first-order valence-electron chi connectivity index (χ1n) is 5.74. The highest BCUT2D eigenvalue weighted by molar-refractivity contribution is 9.10. The van der Waals surface area contributed by atoms with Gasteiger partial charge in [0.05, 0.1) is 0 Å². The van der Waals surface area contributed by atoms with Crippen LogP contribution in [0, 0.1) is 0 Å². The fourth-order valence-corrected chi connectivity index (χ4v) is 2.25. The Balaban J connectivity index is 1.99. The molecule has 1 aromatic rings. The minimum absolute atomic E-state index is 0.0573. The number of aromatic nitrogens is 1. The molecule has 1 aliphatic rings. The van der Waals surface area contributed by atoms with Crippen molar-refractivity contribution in [2.24, 2.45) is 0 Å². The monoisotopic (exact) mass is 311 g/mol. The highest BCUT2D eigenvalue weighted by Crippen LogP contribution is 2.14. The number of nitrogens with one attached hydrogen (secondary N) is 1. The number of carbonyl (C=O) groups is 2. The van der Waals surface area contributed by atoms with Gasteiger partial charge in [-0.05, 0) is 34.5 Å². The maximum Gasteiger partial charge on any atom is 0.272 e. The predicted molar refractivity (Wildman–Crippen MR) is 70.1 cm³/mol. The molecule has 18 heavy (non-hydrogen) atoms. The van der Waals surface area contributed by atoms with E-state index in [2.05, 4.69) is 26.2 Å². The molecule has 5 nitrogen and oxygen atoms in total. The van der Waals surface area contributed by atoms with Gasteiger partial charge in [-0.3, -0.25) is 9.59 Å². The second-order valence-electron chi connectivity index (χ2n) is 4.30. The largest absolute Gasteiger partial charge is 0.352 e. The summed E-state index contributed by atoms with van der Waals surface area (Å²) in [6.07, 6.45) is 2.40. The van der Waals surface area contributed by atoms with E-state index in [-0.39, 0.29) is 17.9 Å². The zero-order chi connectivity index (χ0) is 13.1. The number of halogens is 1. The van der Waals surface area contributed by atoms with Crippen molar-refractivity contribution in [2.75, 3.05) is 13.1 Å². The van der Waals surface area contributed by atoms with E-state index in [1.807, 2.05) is 0 Å². The number of rotatable bonds is 2. The van der Waals surface area contributed by atoms with E-state index in [4.69, 9.17) is 0 Å². The molecule has 1 aromatic heterocycles. The van der Waals surface area contributed by atoms with Gasteiger partial charge >= 0.3 is 0 Å². The van der Waals surface area contributed by atoms with Crippen LogP contribution in [0.2, 0.25) is 0 Å². The molecule has 0 spiro atoms. The van der Waals surface area contributed by atoms with E-state index in [1.54, 1.807) is 23.2 Å². The van der Waals surface area contributed by atoms with Gasteiger partial charge in [0, 0.05) is 36.7 Å². The molecule has 0 saturated carbocycles. The van der Waals surface area contributed by atoms with Crippen molar-refractivity contribution in [1.82, 2.24) is 15.2 Å². The van der Waals surface area contributed by atoms with Crippen LogP contribution < -0.4 is 5.32 Å². The molecule has 6 heteroatoms. The first kappa shape index (κ1) is 13.0. The maximum absolute atomic E-state index is 12.1. The van der Waals surface area contributed by atoms with E-state index in [9.17, 15) is 9.59 Å². The molecule has 2 rings (SSSR count). The first-order chi connectivity index (χ1) is 8.56. The van der Waals surface area contributed by atoms with E-state index < -0.39 is 0 Å². The summed E-state index contributed by atoms with van der Waals surface area (Å²) in [7, 11) is 0. The van der Waals surface area contributed by atoms with Crippen molar-refractivity contribution < 1.29 is 9.59 Å². The third kappa shape index (κ3) is 3.07. The number of carbonyl (C=O) groups excluding carboxylic acids is 2. The van der Waals surface area contributed by atoms with Crippen molar-refractivity contribution in [2.45, 2.75) is 19.4 Å². The van der Waals surface area contributed by atoms with Crippen LogP contribution in [0.15, 0.2) is 22.8 Å². The maximum atomic E-state index is 12.1. The molecule has 2 heterocycles. The summed E-state index contributed by atoms with van der Waals surface area (Å²) in [6, 6.07) is 3.54. The molecular weight excluding hydrogens is 298 g/mol. The Bertz CT molecular complexity index is 461. The number of amides is 2. The second-order valence-corrected chi connectivity index (χ2v) is 5.21. The van der Waals surface area contributed by atoms with E-state index >= 15 is 0 Å². The third-order valence-corrected chi connectivity index (χ3v) is 3.30. The summed E-state index contributed by atoms with van der Waals surface area (Å²) in [5.74, 6) is -0.147. The van der Waals surface area contributed by atoms with Crippen molar-refractivity contribution >= 4 is 27.7 Å². The van der Waals surface area contributed by atoms with Crippen LogP contribution in [0.5, 0.6) is 0 Å².